The Labute approximate surface area is 92.9 Å². The zero-order chi connectivity index (χ0) is 12.2. The van der Waals surface area contributed by atoms with Gasteiger partial charge in [-0.25, -0.2) is 0 Å². The fraction of sp³-hybridized carbons (Fsp3) is 0.625. The fourth-order valence-corrected chi connectivity index (χ4v) is 1.78. The van der Waals surface area contributed by atoms with Crippen LogP contribution in [0.25, 0.3) is 0 Å². The third-order valence-corrected chi connectivity index (χ3v) is 2.85. The maximum absolute atomic E-state index is 10.7. The maximum atomic E-state index is 10.7. The first-order valence-corrected chi connectivity index (χ1v) is 6.60. The lowest BCUT2D eigenvalue weighted by Gasteiger charge is -2.30. The molecule has 7 nitrogen and oxygen atoms in total. The Hall–Kier alpha value is -0.880. The van der Waals surface area contributed by atoms with E-state index >= 15 is 0 Å². The Morgan fingerprint density at radius 3 is 2.81 bits per heavy atom. The minimum absolute atomic E-state index is 0.299. The highest BCUT2D eigenvalue weighted by molar-refractivity contribution is 7.51. The van der Waals surface area contributed by atoms with Gasteiger partial charge in [0.1, 0.15) is 6.04 Å². The number of hydrogen-bond acceptors (Lipinski definition) is 4. The summed E-state index contributed by atoms with van der Waals surface area (Å²) in [5.74, 6) is -0.923. The Kier molecular flexibility index (Phi) is 4.49. The van der Waals surface area contributed by atoms with Gasteiger partial charge in [-0.1, -0.05) is 6.08 Å². The van der Waals surface area contributed by atoms with Crippen LogP contribution in [0.15, 0.2) is 12.3 Å². The molecule has 0 aliphatic carbocycles. The van der Waals surface area contributed by atoms with Crippen LogP contribution >= 0.6 is 7.60 Å². The number of piperazine rings is 1. The van der Waals surface area contributed by atoms with Crippen LogP contribution in [0.1, 0.15) is 0 Å². The molecule has 4 N–H and O–H groups in total. The minimum Gasteiger partial charge on any atom is -0.480 e. The third-order valence-electron chi connectivity index (χ3n) is 2.16. The van der Waals surface area contributed by atoms with Crippen molar-refractivity contribution < 1.29 is 24.3 Å². The summed E-state index contributed by atoms with van der Waals surface area (Å²) in [6, 6.07) is -0.631. The van der Waals surface area contributed by atoms with Crippen LogP contribution in [0.4, 0.5) is 0 Å². The Bertz CT molecular complexity index is 326. The highest BCUT2D eigenvalue weighted by atomic mass is 31.2. The molecule has 0 amide bonds. The van der Waals surface area contributed by atoms with Crippen molar-refractivity contribution in [3.63, 3.8) is 0 Å². The highest BCUT2D eigenvalue weighted by Gasteiger charge is 2.22. The van der Waals surface area contributed by atoms with Gasteiger partial charge in [-0.3, -0.25) is 9.36 Å². The van der Waals surface area contributed by atoms with Crippen LogP contribution in [-0.4, -0.2) is 57.6 Å². The number of hydrogen-bond donors (Lipinski definition) is 4. The van der Waals surface area contributed by atoms with Gasteiger partial charge in [-0.2, -0.15) is 0 Å². The summed E-state index contributed by atoms with van der Waals surface area (Å²) in [4.78, 5) is 29.7. The topological polar surface area (TPSA) is 110 Å². The lowest BCUT2D eigenvalue weighted by molar-refractivity contribution is -0.140. The normalized spacial score (nSPS) is 22.6. The van der Waals surface area contributed by atoms with Crippen LogP contribution in [0.2, 0.25) is 0 Å². The molecule has 1 unspecified atom stereocenters. The molecule has 1 aliphatic heterocycles. The number of aliphatic carboxylic acids is 1. The van der Waals surface area contributed by atoms with Crippen LogP contribution in [0, 0.1) is 0 Å². The van der Waals surface area contributed by atoms with E-state index < -0.39 is 19.6 Å². The summed E-state index contributed by atoms with van der Waals surface area (Å²) < 4.78 is 10.6. The fourth-order valence-electron chi connectivity index (χ4n) is 1.41. The number of carboxylic acids is 1. The molecule has 1 aliphatic rings. The van der Waals surface area contributed by atoms with Gasteiger partial charge in [-0.15, -0.1) is 0 Å². The monoisotopic (exact) mass is 250 g/mol. The summed E-state index contributed by atoms with van der Waals surface area (Å²) in [5.41, 5.74) is 0. The lowest BCUT2D eigenvalue weighted by Crippen LogP contribution is -2.52. The van der Waals surface area contributed by atoms with Crippen molar-refractivity contribution in [1.29, 1.82) is 0 Å². The number of nitrogens with zero attached hydrogens (tertiary/aromatic N) is 1. The molecule has 0 aromatic heterocycles. The molecular weight excluding hydrogens is 235 g/mol. The van der Waals surface area contributed by atoms with Crippen LogP contribution in [-0.2, 0) is 9.36 Å². The standard InChI is InChI=1S/C8H15N2O5P/c11-8(12)7-6-10(4-2-9-7)3-1-5-16(13,14)15/h1,3,7,9H,2,4-6H2,(H,11,12)(H2,13,14,15). The van der Waals surface area contributed by atoms with Crippen molar-refractivity contribution in [1.82, 2.24) is 10.2 Å². The van der Waals surface area contributed by atoms with Gasteiger partial charge in [0, 0.05) is 19.6 Å². The van der Waals surface area contributed by atoms with Gasteiger partial charge in [0.25, 0.3) is 0 Å². The highest BCUT2D eigenvalue weighted by Crippen LogP contribution is 2.33. The summed E-state index contributed by atoms with van der Waals surface area (Å²) in [5, 5.41) is 11.6. The Morgan fingerprint density at radius 1 is 1.56 bits per heavy atom. The van der Waals surface area contributed by atoms with Crippen molar-refractivity contribution in [2.24, 2.45) is 0 Å². The van der Waals surface area contributed by atoms with Gasteiger partial charge in [0.15, 0.2) is 0 Å². The van der Waals surface area contributed by atoms with E-state index in [1.165, 1.54) is 12.3 Å². The molecule has 1 fully saturated rings. The van der Waals surface area contributed by atoms with Crippen LogP contribution < -0.4 is 5.32 Å². The van der Waals surface area contributed by atoms with Crippen molar-refractivity contribution in [2.45, 2.75) is 6.04 Å². The van der Waals surface area contributed by atoms with Gasteiger partial charge >= 0.3 is 13.6 Å². The lowest BCUT2D eigenvalue weighted by atomic mass is 10.2. The average Bonchev–Trinajstić information content (AvgIpc) is 2.16. The average molecular weight is 250 g/mol. The number of nitrogens with one attached hydrogen (secondary N) is 1. The number of rotatable bonds is 4. The van der Waals surface area contributed by atoms with Crippen molar-refractivity contribution in [3.05, 3.63) is 12.3 Å². The molecular formula is C8H15N2O5P. The molecule has 0 spiro atoms. The summed E-state index contributed by atoms with van der Waals surface area (Å²) in [6.07, 6.45) is 2.58. The van der Waals surface area contributed by atoms with E-state index in [-0.39, 0.29) is 6.16 Å². The molecule has 1 heterocycles. The summed E-state index contributed by atoms with van der Waals surface area (Å²) >= 11 is 0. The predicted octanol–water partition coefficient (Wildman–Crippen LogP) is -0.964. The van der Waals surface area contributed by atoms with Gasteiger partial charge in [-0.05, 0) is 6.20 Å². The van der Waals surface area contributed by atoms with E-state index in [2.05, 4.69) is 5.32 Å². The zero-order valence-corrected chi connectivity index (χ0v) is 9.51. The minimum atomic E-state index is -4.01. The molecule has 92 valence electrons. The van der Waals surface area contributed by atoms with E-state index in [0.717, 1.165) is 0 Å². The second-order valence-electron chi connectivity index (χ2n) is 3.57. The van der Waals surface area contributed by atoms with E-state index in [0.29, 0.717) is 19.6 Å². The van der Waals surface area contributed by atoms with Crippen molar-refractivity contribution in [2.75, 3.05) is 25.8 Å². The number of allylic oxidation sites excluding steroid dienone is 1. The molecule has 0 saturated carbocycles. The largest absolute Gasteiger partial charge is 0.480 e. The van der Waals surface area contributed by atoms with Crippen molar-refractivity contribution >= 4 is 13.6 Å². The van der Waals surface area contributed by atoms with Crippen LogP contribution in [0.5, 0.6) is 0 Å². The molecule has 0 radical (unpaired) electrons. The second-order valence-corrected chi connectivity index (χ2v) is 5.27. The van der Waals surface area contributed by atoms with E-state index in [1.54, 1.807) is 4.90 Å². The van der Waals surface area contributed by atoms with E-state index in [4.69, 9.17) is 14.9 Å². The second kappa shape index (κ2) is 5.45. The van der Waals surface area contributed by atoms with Gasteiger partial charge in [0.05, 0.1) is 6.16 Å². The molecule has 1 atom stereocenters. The first kappa shape index (κ1) is 13.2. The van der Waals surface area contributed by atoms with E-state index in [1.807, 2.05) is 0 Å². The van der Waals surface area contributed by atoms with Gasteiger partial charge in [0.2, 0.25) is 0 Å². The molecule has 1 rings (SSSR count). The molecule has 0 aromatic carbocycles. The Morgan fingerprint density at radius 2 is 2.25 bits per heavy atom. The summed E-state index contributed by atoms with van der Waals surface area (Å²) in [7, 11) is -4.01. The number of carbonyl (C=O) groups is 1. The van der Waals surface area contributed by atoms with Crippen molar-refractivity contribution in [3.8, 4) is 0 Å². The molecule has 0 aromatic rings. The quantitative estimate of drug-likeness (QED) is 0.475. The smallest absolute Gasteiger partial charge is 0.329 e. The zero-order valence-electron chi connectivity index (χ0n) is 8.61. The summed E-state index contributed by atoms with van der Waals surface area (Å²) in [6.45, 7) is 1.46. The first-order valence-electron chi connectivity index (χ1n) is 4.80. The van der Waals surface area contributed by atoms with E-state index in [9.17, 15) is 9.36 Å². The van der Waals surface area contributed by atoms with Crippen LogP contribution in [0.3, 0.4) is 0 Å². The molecule has 1 saturated heterocycles. The predicted molar refractivity (Wildman–Crippen MR) is 57.1 cm³/mol. The molecule has 8 heteroatoms. The third kappa shape index (κ3) is 4.76. The SMILES string of the molecule is O=C(O)C1CN(C=CCP(=O)(O)O)CCN1. The Balaban J connectivity index is 2.43. The molecule has 0 bridgehead atoms. The molecule has 16 heavy (non-hydrogen) atoms. The number of carboxylic acid groups (broad SMARTS) is 1. The first-order chi connectivity index (χ1) is 7.38. The maximum Gasteiger partial charge on any atom is 0.329 e. The van der Waals surface area contributed by atoms with Gasteiger partial charge < -0.3 is 25.1 Å².